The Balaban J connectivity index is 2.04. The van der Waals surface area contributed by atoms with Crippen molar-refractivity contribution in [2.75, 3.05) is 17.5 Å². The van der Waals surface area contributed by atoms with Gasteiger partial charge in [-0.05, 0) is 93.4 Å². The highest BCUT2D eigenvalue weighted by Gasteiger charge is 2.33. The fourth-order valence-corrected chi connectivity index (χ4v) is 5.76. The van der Waals surface area contributed by atoms with E-state index in [0.29, 0.717) is 29.4 Å². The largest absolute Gasteiger partial charge is 0.494 e. The Morgan fingerprint density at radius 3 is 2.17 bits per heavy atom. The summed E-state index contributed by atoms with van der Waals surface area (Å²) in [7, 11) is -4.34. The van der Waals surface area contributed by atoms with Crippen molar-refractivity contribution in [1.82, 2.24) is 10.2 Å². The molecule has 226 valence electrons. The molecule has 0 aliphatic carbocycles. The van der Waals surface area contributed by atoms with Gasteiger partial charge < -0.3 is 15.0 Å². The van der Waals surface area contributed by atoms with Crippen LogP contribution in [0.1, 0.15) is 39.7 Å². The number of anilines is 1. The molecule has 2 atom stereocenters. The third kappa shape index (κ3) is 8.36. The molecule has 0 heterocycles. The quantitative estimate of drug-likeness (QED) is 0.246. The lowest BCUT2D eigenvalue weighted by atomic mass is 10.1. The molecule has 0 bridgehead atoms. The number of carbonyl (C=O) groups excluding carboxylic acids is 2. The second-order valence-electron chi connectivity index (χ2n) is 9.66. The Bertz CT molecular complexity index is 1490. The van der Waals surface area contributed by atoms with Crippen LogP contribution in [0.2, 0.25) is 10.0 Å². The van der Waals surface area contributed by atoms with Gasteiger partial charge in [-0.25, -0.2) is 12.8 Å². The van der Waals surface area contributed by atoms with Crippen LogP contribution < -0.4 is 14.4 Å². The Morgan fingerprint density at radius 2 is 1.60 bits per heavy atom. The van der Waals surface area contributed by atoms with E-state index in [2.05, 4.69) is 5.32 Å². The number of amides is 2. The van der Waals surface area contributed by atoms with Crippen molar-refractivity contribution in [3.8, 4) is 5.75 Å². The molecule has 0 spiro atoms. The number of ether oxygens (including phenoxy) is 1. The second kappa shape index (κ2) is 14.7. The van der Waals surface area contributed by atoms with Crippen molar-refractivity contribution in [2.24, 2.45) is 0 Å². The molecule has 0 unspecified atom stereocenters. The van der Waals surface area contributed by atoms with Crippen LogP contribution in [0.15, 0.2) is 71.6 Å². The van der Waals surface area contributed by atoms with Crippen molar-refractivity contribution < 1.29 is 27.1 Å². The highest BCUT2D eigenvalue weighted by molar-refractivity contribution is 7.92. The molecule has 0 aliphatic heterocycles. The van der Waals surface area contributed by atoms with Crippen LogP contribution in [-0.2, 0) is 26.2 Å². The number of benzene rings is 3. The van der Waals surface area contributed by atoms with E-state index in [1.165, 1.54) is 17.0 Å². The standard InChI is InChI=1S/C30H34Cl2FN3O5S/c1-5-20(3)34-30(38)21(4)35(18-22-7-16-27(31)28(32)17-22)29(37)19-36(24-10-12-25(13-11-24)41-6-2)42(39,40)26-14-8-23(33)9-15-26/h7-17,20-21H,5-6,18-19H2,1-4H3,(H,34,38)/t20-,21-/m1/s1. The first-order valence-electron chi connectivity index (χ1n) is 13.4. The van der Waals surface area contributed by atoms with E-state index in [0.717, 1.165) is 28.6 Å². The average Bonchev–Trinajstić information content (AvgIpc) is 2.96. The smallest absolute Gasteiger partial charge is 0.264 e. The van der Waals surface area contributed by atoms with Crippen LogP contribution in [0.4, 0.5) is 10.1 Å². The van der Waals surface area contributed by atoms with Gasteiger partial charge >= 0.3 is 0 Å². The average molecular weight is 639 g/mol. The number of rotatable bonds is 13. The molecule has 0 fully saturated rings. The molecule has 3 rings (SSSR count). The molecule has 0 aliphatic rings. The Kier molecular flexibility index (Phi) is 11.6. The summed E-state index contributed by atoms with van der Waals surface area (Å²) in [4.78, 5) is 28.2. The molecule has 2 amide bonds. The maximum atomic E-state index is 14.0. The van der Waals surface area contributed by atoms with Crippen LogP contribution in [0.5, 0.6) is 5.75 Å². The Hall–Kier alpha value is -3.34. The SMILES string of the molecule is CCOc1ccc(N(CC(=O)N(Cc2ccc(Cl)c(Cl)c2)[C@H](C)C(=O)N[C@H](C)CC)S(=O)(=O)c2ccc(F)cc2)cc1. The molecule has 0 radical (unpaired) electrons. The number of carbonyl (C=O) groups is 2. The van der Waals surface area contributed by atoms with E-state index >= 15 is 0 Å². The number of sulfonamides is 1. The van der Waals surface area contributed by atoms with E-state index in [4.69, 9.17) is 27.9 Å². The molecule has 8 nitrogen and oxygen atoms in total. The van der Waals surface area contributed by atoms with Gasteiger partial charge in [0.2, 0.25) is 11.8 Å². The topological polar surface area (TPSA) is 96.0 Å². The fraction of sp³-hybridized carbons (Fsp3) is 0.333. The summed E-state index contributed by atoms with van der Waals surface area (Å²) in [5, 5.41) is 3.47. The number of hydrogen-bond acceptors (Lipinski definition) is 5. The maximum Gasteiger partial charge on any atom is 0.264 e. The summed E-state index contributed by atoms with van der Waals surface area (Å²) in [6.45, 7) is 6.88. The lowest BCUT2D eigenvalue weighted by molar-refractivity contribution is -0.139. The summed E-state index contributed by atoms with van der Waals surface area (Å²) in [5.41, 5.74) is 0.775. The number of nitrogens with zero attached hydrogens (tertiary/aromatic N) is 2. The van der Waals surface area contributed by atoms with Gasteiger partial charge in [0.25, 0.3) is 10.0 Å². The van der Waals surface area contributed by atoms with E-state index in [1.807, 2.05) is 20.8 Å². The van der Waals surface area contributed by atoms with Gasteiger partial charge in [-0.15, -0.1) is 0 Å². The van der Waals surface area contributed by atoms with Gasteiger partial charge in [-0.1, -0.05) is 36.2 Å². The van der Waals surface area contributed by atoms with Crippen LogP contribution in [0.3, 0.4) is 0 Å². The third-order valence-electron chi connectivity index (χ3n) is 6.62. The van der Waals surface area contributed by atoms with Crippen LogP contribution in [0, 0.1) is 5.82 Å². The zero-order valence-corrected chi connectivity index (χ0v) is 26.1. The lowest BCUT2D eigenvalue weighted by Gasteiger charge is -2.32. The van der Waals surface area contributed by atoms with Crippen LogP contribution >= 0.6 is 23.2 Å². The highest BCUT2D eigenvalue weighted by atomic mass is 35.5. The first-order chi connectivity index (χ1) is 19.9. The van der Waals surface area contributed by atoms with Crippen molar-refractivity contribution in [1.29, 1.82) is 0 Å². The predicted octanol–water partition coefficient (Wildman–Crippen LogP) is 6.06. The summed E-state index contributed by atoms with van der Waals surface area (Å²) in [6, 6.07) is 14.3. The molecule has 0 saturated carbocycles. The highest BCUT2D eigenvalue weighted by Crippen LogP contribution is 2.28. The number of nitrogens with one attached hydrogen (secondary N) is 1. The monoisotopic (exact) mass is 637 g/mol. The molecule has 12 heteroatoms. The zero-order chi connectivity index (χ0) is 31.0. The van der Waals surface area contributed by atoms with Gasteiger partial charge in [0.1, 0.15) is 24.2 Å². The second-order valence-corrected chi connectivity index (χ2v) is 12.3. The van der Waals surface area contributed by atoms with Crippen LogP contribution in [-0.4, -0.2) is 50.4 Å². The summed E-state index contributed by atoms with van der Waals surface area (Å²) < 4.78 is 47.7. The van der Waals surface area contributed by atoms with Crippen molar-refractivity contribution >= 4 is 50.7 Å². The molecular formula is C30H34Cl2FN3O5S. The third-order valence-corrected chi connectivity index (χ3v) is 9.15. The summed E-state index contributed by atoms with van der Waals surface area (Å²) >= 11 is 12.3. The molecule has 0 aromatic heterocycles. The van der Waals surface area contributed by atoms with E-state index < -0.39 is 40.2 Å². The summed E-state index contributed by atoms with van der Waals surface area (Å²) in [6.07, 6.45) is 0.681. The number of halogens is 3. The van der Waals surface area contributed by atoms with E-state index in [-0.39, 0.29) is 28.2 Å². The molecule has 3 aromatic rings. The van der Waals surface area contributed by atoms with Crippen molar-refractivity contribution in [2.45, 2.75) is 57.6 Å². The minimum Gasteiger partial charge on any atom is -0.494 e. The molecular weight excluding hydrogens is 604 g/mol. The zero-order valence-electron chi connectivity index (χ0n) is 23.8. The van der Waals surface area contributed by atoms with Gasteiger partial charge in [0.05, 0.1) is 27.2 Å². The van der Waals surface area contributed by atoms with Gasteiger partial charge in [0.15, 0.2) is 0 Å². The molecule has 42 heavy (non-hydrogen) atoms. The van der Waals surface area contributed by atoms with Gasteiger partial charge in [0, 0.05) is 12.6 Å². The normalized spacial score (nSPS) is 12.7. The van der Waals surface area contributed by atoms with Gasteiger partial charge in [-0.3, -0.25) is 13.9 Å². The predicted molar refractivity (Wildman–Crippen MR) is 163 cm³/mol. The van der Waals surface area contributed by atoms with Crippen LogP contribution in [0.25, 0.3) is 0 Å². The molecule has 3 aromatic carbocycles. The van der Waals surface area contributed by atoms with Crippen molar-refractivity contribution in [3.05, 3.63) is 88.2 Å². The minimum atomic E-state index is -4.34. The Labute approximate surface area is 256 Å². The van der Waals surface area contributed by atoms with Crippen molar-refractivity contribution in [3.63, 3.8) is 0 Å². The van der Waals surface area contributed by atoms with E-state index in [1.54, 1.807) is 37.3 Å². The maximum absolute atomic E-state index is 14.0. The first kappa shape index (κ1) is 33.2. The van der Waals surface area contributed by atoms with Gasteiger partial charge in [-0.2, -0.15) is 0 Å². The lowest BCUT2D eigenvalue weighted by Crippen LogP contribution is -2.52. The fourth-order valence-electron chi connectivity index (χ4n) is 4.02. The summed E-state index contributed by atoms with van der Waals surface area (Å²) in [5.74, 6) is -1.13. The molecule has 0 saturated heterocycles. The minimum absolute atomic E-state index is 0.0431. The van der Waals surface area contributed by atoms with E-state index in [9.17, 15) is 22.4 Å². The number of hydrogen-bond donors (Lipinski definition) is 1. The first-order valence-corrected chi connectivity index (χ1v) is 15.6. The molecule has 1 N–H and O–H groups in total. The Morgan fingerprint density at radius 1 is 0.952 bits per heavy atom.